The van der Waals surface area contributed by atoms with Gasteiger partial charge in [-0.3, -0.25) is 4.79 Å². The highest BCUT2D eigenvalue weighted by molar-refractivity contribution is 7.17. The van der Waals surface area contributed by atoms with Crippen LogP contribution in [0, 0.1) is 0 Å². The number of hydrogen-bond acceptors (Lipinski definition) is 5. The van der Waals surface area contributed by atoms with Crippen molar-refractivity contribution in [3.05, 3.63) is 40.5 Å². The summed E-state index contributed by atoms with van der Waals surface area (Å²) < 4.78 is 0. The molecule has 3 rings (SSSR count). The molecule has 0 fully saturated rings. The Morgan fingerprint density at radius 3 is 2.70 bits per heavy atom. The summed E-state index contributed by atoms with van der Waals surface area (Å²) in [6, 6.07) is 8.27. The summed E-state index contributed by atoms with van der Waals surface area (Å²) >= 11 is 7.39. The van der Waals surface area contributed by atoms with Gasteiger partial charge < -0.3 is 10.4 Å². The second-order valence-electron chi connectivity index (χ2n) is 4.97. The van der Waals surface area contributed by atoms with E-state index in [0.717, 1.165) is 27.8 Å². The Balaban J connectivity index is 2.11. The van der Waals surface area contributed by atoms with Gasteiger partial charge in [0.1, 0.15) is 17.2 Å². The van der Waals surface area contributed by atoms with Gasteiger partial charge in [0.25, 0.3) is 0 Å². The van der Waals surface area contributed by atoms with Crippen LogP contribution in [0.4, 0.5) is 5.82 Å². The van der Waals surface area contributed by atoms with Crippen LogP contribution >= 0.6 is 22.9 Å². The molecule has 118 valence electrons. The number of rotatable bonds is 5. The van der Waals surface area contributed by atoms with Crippen molar-refractivity contribution in [3.8, 4) is 11.1 Å². The zero-order valence-corrected chi connectivity index (χ0v) is 13.9. The molecule has 2 aromatic heterocycles. The molecule has 0 aliphatic heterocycles. The lowest BCUT2D eigenvalue weighted by atomic mass is 10.0. The van der Waals surface area contributed by atoms with Crippen LogP contribution < -0.4 is 5.32 Å². The average molecular weight is 348 g/mol. The predicted octanol–water partition coefficient (Wildman–Crippen LogP) is 4.07. The standard InChI is InChI=1S/C16H14ClN3O2S/c1-2-9-3-5-10(6-4-9)11-8-23-15-13(11)14(18-7-12(21)22)19-16(17)20-15/h3-6,8H,2,7H2,1H3,(H,21,22)(H,18,19,20). The Kier molecular flexibility index (Phi) is 4.45. The SMILES string of the molecule is CCc1ccc(-c2csc3nc(Cl)nc(NCC(=O)O)c23)cc1. The third-order valence-corrected chi connectivity index (χ3v) is 4.53. The normalized spacial score (nSPS) is 10.9. The molecule has 0 unspecified atom stereocenters. The van der Waals surface area contributed by atoms with Crippen molar-refractivity contribution in [2.24, 2.45) is 0 Å². The second kappa shape index (κ2) is 6.52. The summed E-state index contributed by atoms with van der Waals surface area (Å²) in [4.78, 5) is 19.9. The van der Waals surface area contributed by atoms with Gasteiger partial charge in [0.15, 0.2) is 0 Å². The molecule has 5 nitrogen and oxygen atoms in total. The third-order valence-electron chi connectivity index (χ3n) is 3.49. The number of carbonyl (C=O) groups is 1. The largest absolute Gasteiger partial charge is 0.480 e. The van der Waals surface area contributed by atoms with Crippen molar-refractivity contribution in [2.45, 2.75) is 13.3 Å². The third kappa shape index (κ3) is 3.28. The summed E-state index contributed by atoms with van der Waals surface area (Å²) in [7, 11) is 0. The highest BCUT2D eigenvalue weighted by Gasteiger charge is 2.15. The number of aromatic nitrogens is 2. The first-order valence-corrected chi connectivity index (χ1v) is 8.34. The molecule has 3 aromatic rings. The summed E-state index contributed by atoms with van der Waals surface area (Å²) in [6.07, 6.45) is 0.981. The molecule has 0 saturated carbocycles. The van der Waals surface area contributed by atoms with Crippen molar-refractivity contribution in [3.63, 3.8) is 0 Å². The topological polar surface area (TPSA) is 75.1 Å². The number of carboxylic acid groups (broad SMARTS) is 1. The average Bonchev–Trinajstić information content (AvgIpc) is 2.96. The van der Waals surface area contributed by atoms with Gasteiger partial charge in [0.05, 0.1) is 5.39 Å². The molecule has 0 atom stereocenters. The van der Waals surface area contributed by atoms with Crippen molar-refractivity contribution in [2.75, 3.05) is 11.9 Å². The van der Waals surface area contributed by atoms with Gasteiger partial charge >= 0.3 is 5.97 Å². The highest BCUT2D eigenvalue weighted by atomic mass is 35.5. The molecule has 2 heterocycles. The zero-order chi connectivity index (χ0) is 16.4. The van der Waals surface area contributed by atoms with Gasteiger partial charge in [0, 0.05) is 10.9 Å². The molecule has 0 bridgehead atoms. The van der Waals surface area contributed by atoms with Crippen LogP contribution in [0.15, 0.2) is 29.6 Å². The first-order chi connectivity index (χ1) is 11.1. The monoisotopic (exact) mass is 347 g/mol. The van der Waals surface area contributed by atoms with Crippen LogP contribution in [0.25, 0.3) is 21.3 Å². The number of fused-ring (bicyclic) bond motifs is 1. The van der Waals surface area contributed by atoms with E-state index in [2.05, 4.69) is 46.5 Å². The van der Waals surface area contributed by atoms with E-state index in [1.54, 1.807) is 0 Å². The molecule has 23 heavy (non-hydrogen) atoms. The maximum Gasteiger partial charge on any atom is 0.322 e. The number of benzene rings is 1. The molecule has 0 spiro atoms. The van der Waals surface area contributed by atoms with Crippen LogP contribution in [0.1, 0.15) is 12.5 Å². The fourth-order valence-corrected chi connectivity index (χ4v) is 3.50. The number of anilines is 1. The van der Waals surface area contributed by atoms with Crippen LogP contribution in [0.5, 0.6) is 0 Å². The number of nitrogens with zero attached hydrogens (tertiary/aromatic N) is 2. The van der Waals surface area contributed by atoms with E-state index in [-0.39, 0.29) is 11.8 Å². The van der Waals surface area contributed by atoms with E-state index in [9.17, 15) is 4.79 Å². The van der Waals surface area contributed by atoms with E-state index < -0.39 is 5.97 Å². The molecule has 0 saturated heterocycles. The maximum atomic E-state index is 10.8. The Labute approximate surface area is 142 Å². The molecule has 0 aliphatic carbocycles. The van der Waals surface area contributed by atoms with Crippen LogP contribution in [-0.4, -0.2) is 27.6 Å². The Morgan fingerprint density at radius 1 is 1.30 bits per heavy atom. The minimum atomic E-state index is -0.961. The van der Waals surface area contributed by atoms with Gasteiger partial charge in [0.2, 0.25) is 5.28 Å². The Hall–Kier alpha value is -2.18. The van der Waals surface area contributed by atoms with Crippen molar-refractivity contribution in [1.29, 1.82) is 0 Å². The van der Waals surface area contributed by atoms with Gasteiger partial charge in [-0.15, -0.1) is 11.3 Å². The van der Waals surface area contributed by atoms with Crippen molar-refractivity contribution in [1.82, 2.24) is 9.97 Å². The number of aliphatic carboxylic acids is 1. The maximum absolute atomic E-state index is 10.8. The summed E-state index contributed by atoms with van der Waals surface area (Å²) in [6.45, 7) is 1.88. The van der Waals surface area contributed by atoms with Crippen LogP contribution in [-0.2, 0) is 11.2 Å². The number of hydrogen-bond donors (Lipinski definition) is 2. The molecule has 7 heteroatoms. The van der Waals surface area contributed by atoms with E-state index in [1.807, 2.05) is 5.38 Å². The number of halogens is 1. The predicted molar refractivity (Wildman–Crippen MR) is 93.4 cm³/mol. The number of aryl methyl sites for hydroxylation is 1. The first kappa shape index (κ1) is 15.7. The molecule has 1 aromatic carbocycles. The molecular weight excluding hydrogens is 334 g/mol. The summed E-state index contributed by atoms with van der Waals surface area (Å²) in [5.74, 6) is -0.518. The van der Waals surface area contributed by atoms with E-state index >= 15 is 0 Å². The van der Waals surface area contributed by atoms with Gasteiger partial charge in [-0.05, 0) is 29.1 Å². The van der Waals surface area contributed by atoms with Gasteiger partial charge in [-0.1, -0.05) is 31.2 Å². The fraction of sp³-hybridized carbons (Fsp3) is 0.188. The van der Waals surface area contributed by atoms with Crippen molar-refractivity contribution < 1.29 is 9.90 Å². The Morgan fingerprint density at radius 2 is 2.04 bits per heavy atom. The van der Waals surface area contributed by atoms with E-state index in [1.165, 1.54) is 16.9 Å². The number of carboxylic acids is 1. The zero-order valence-electron chi connectivity index (χ0n) is 12.3. The Bertz CT molecular complexity index is 862. The van der Waals surface area contributed by atoms with Gasteiger partial charge in [-0.25, -0.2) is 9.97 Å². The van der Waals surface area contributed by atoms with Crippen LogP contribution in [0.3, 0.4) is 0 Å². The lowest BCUT2D eigenvalue weighted by molar-refractivity contribution is -0.134. The fourth-order valence-electron chi connectivity index (χ4n) is 2.34. The van der Waals surface area contributed by atoms with Crippen molar-refractivity contribution >= 4 is 44.9 Å². The summed E-state index contributed by atoms with van der Waals surface area (Å²) in [5, 5.41) is 14.6. The van der Waals surface area contributed by atoms with Crippen LogP contribution in [0.2, 0.25) is 5.28 Å². The number of nitrogens with one attached hydrogen (secondary N) is 1. The van der Waals surface area contributed by atoms with E-state index in [0.29, 0.717) is 5.82 Å². The number of thiophene rings is 1. The smallest absolute Gasteiger partial charge is 0.322 e. The summed E-state index contributed by atoms with van der Waals surface area (Å²) in [5.41, 5.74) is 3.27. The molecule has 2 N–H and O–H groups in total. The minimum absolute atomic E-state index is 0.0973. The quantitative estimate of drug-likeness (QED) is 0.680. The minimum Gasteiger partial charge on any atom is -0.480 e. The molecular formula is C16H14ClN3O2S. The molecule has 0 radical (unpaired) electrons. The first-order valence-electron chi connectivity index (χ1n) is 7.08. The highest BCUT2D eigenvalue weighted by Crippen LogP contribution is 2.37. The molecule has 0 aliphatic rings. The second-order valence-corrected chi connectivity index (χ2v) is 6.16. The van der Waals surface area contributed by atoms with Gasteiger partial charge in [-0.2, -0.15) is 0 Å². The molecule has 0 amide bonds. The lowest BCUT2D eigenvalue weighted by Crippen LogP contribution is -2.13. The lowest BCUT2D eigenvalue weighted by Gasteiger charge is -2.07. The van der Waals surface area contributed by atoms with E-state index in [4.69, 9.17) is 16.7 Å².